The molecule has 12 heteroatoms. The van der Waals surface area contributed by atoms with Crippen LogP contribution >= 0.6 is 0 Å². The zero-order valence-electron chi connectivity index (χ0n) is 24.5. The van der Waals surface area contributed by atoms with Gasteiger partial charge in [0.25, 0.3) is 11.7 Å². The summed E-state index contributed by atoms with van der Waals surface area (Å²) in [6.45, 7) is 12.1. The third kappa shape index (κ3) is 6.32. The summed E-state index contributed by atoms with van der Waals surface area (Å²) in [5.74, 6) is -0.124. The Morgan fingerprint density at radius 2 is 1.93 bits per heavy atom. The molecule has 0 bridgehead atoms. The van der Waals surface area contributed by atoms with Gasteiger partial charge in [-0.25, -0.2) is 19.2 Å². The summed E-state index contributed by atoms with van der Waals surface area (Å²) in [6.07, 6.45) is 3.84. The van der Waals surface area contributed by atoms with Crippen molar-refractivity contribution in [3.8, 4) is 11.1 Å². The number of aromatic nitrogens is 5. The van der Waals surface area contributed by atoms with Gasteiger partial charge in [0.05, 0.1) is 5.52 Å². The summed E-state index contributed by atoms with van der Waals surface area (Å²) in [5, 5.41) is 6.37. The second-order valence-electron chi connectivity index (χ2n) is 12.2. The molecule has 220 valence electrons. The van der Waals surface area contributed by atoms with Crippen molar-refractivity contribution in [3.63, 3.8) is 0 Å². The van der Waals surface area contributed by atoms with Crippen molar-refractivity contribution in [3.05, 3.63) is 65.5 Å². The molecule has 0 unspecified atom stereocenters. The summed E-state index contributed by atoms with van der Waals surface area (Å²) < 4.78 is 25.8. The first-order valence-corrected chi connectivity index (χ1v) is 13.7. The Hall–Kier alpha value is -4.61. The SMILES string of the molecule is CC(C)(C)OC(=O)N1CC=C(c2nc3nccc(-c4ccc(CNC(=O)c5noc(C(C)(C)C)n5)c(F)c4)c3[nH]2)CC1. The van der Waals surface area contributed by atoms with E-state index in [4.69, 9.17) is 9.26 Å². The first kappa shape index (κ1) is 28.9. The van der Waals surface area contributed by atoms with E-state index in [9.17, 15) is 9.59 Å². The molecule has 0 saturated carbocycles. The van der Waals surface area contributed by atoms with Gasteiger partial charge in [0.1, 0.15) is 17.2 Å². The summed E-state index contributed by atoms with van der Waals surface area (Å²) in [5.41, 5.74) is 2.88. The van der Waals surface area contributed by atoms with Crippen LogP contribution in [0.2, 0.25) is 0 Å². The lowest BCUT2D eigenvalue weighted by molar-refractivity contribution is 0.0270. The average Bonchev–Trinajstić information content (AvgIpc) is 3.59. The Kier molecular flexibility index (Phi) is 7.56. The molecule has 11 nitrogen and oxygen atoms in total. The van der Waals surface area contributed by atoms with Crippen molar-refractivity contribution >= 4 is 28.7 Å². The Bertz CT molecular complexity index is 1680. The van der Waals surface area contributed by atoms with E-state index in [2.05, 4.69) is 30.4 Å². The number of hydrogen-bond acceptors (Lipinski definition) is 8. The third-order valence-corrected chi connectivity index (χ3v) is 6.63. The molecule has 0 aliphatic carbocycles. The average molecular weight is 576 g/mol. The van der Waals surface area contributed by atoms with Crippen molar-refractivity contribution in [1.29, 1.82) is 0 Å². The molecule has 4 heterocycles. The summed E-state index contributed by atoms with van der Waals surface area (Å²) in [6, 6.07) is 6.62. The Morgan fingerprint density at radius 3 is 2.57 bits per heavy atom. The third-order valence-electron chi connectivity index (χ3n) is 6.63. The highest BCUT2D eigenvalue weighted by Crippen LogP contribution is 2.30. The first-order chi connectivity index (χ1) is 19.8. The van der Waals surface area contributed by atoms with E-state index in [0.29, 0.717) is 53.5 Å². The van der Waals surface area contributed by atoms with Gasteiger partial charge < -0.3 is 24.5 Å². The Morgan fingerprint density at radius 1 is 1.14 bits per heavy atom. The van der Waals surface area contributed by atoms with E-state index in [-0.39, 0.29) is 18.5 Å². The van der Waals surface area contributed by atoms with Crippen LogP contribution in [0.15, 0.2) is 41.1 Å². The predicted octanol–water partition coefficient (Wildman–Crippen LogP) is 5.40. The second kappa shape index (κ2) is 11.0. The minimum atomic E-state index is -0.556. The van der Waals surface area contributed by atoms with Gasteiger partial charge >= 0.3 is 6.09 Å². The van der Waals surface area contributed by atoms with Crippen LogP contribution in [0.1, 0.15) is 75.9 Å². The molecule has 4 aromatic rings. The molecule has 3 aromatic heterocycles. The number of aromatic amines is 1. The number of benzene rings is 1. The first-order valence-electron chi connectivity index (χ1n) is 13.7. The molecule has 42 heavy (non-hydrogen) atoms. The Labute approximate surface area is 242 Å². The molecular weight excluding hydrogens is 541 g/mol. The number of pyridine rings is 1. The number of imidazole rings is 1. The molecule has 0 saturated heterocycles. The van der Waals surface area contributed by atoms with Crippen LogP contribution < -0.4 is 5.32 Å². The van der Waals surface area contributed by atoms with Crippen molar-refractivity contribution in [2.75, 3.05) is 13.1 Å². The van der Waals surface area contributed by atoms with Crippen LogP contribution in [-0.4, -0.2) is 60.7 Å². The van der Waals surface area contributed by atoms with Crippen molar-refractivity contribution in [1.82, 2.24) is 35.3 Å². The van der Waals surface area contributed by atoms with E-state index in [1.165, 1.54) is 6.07 Å². The van der Waals surface area contributed by atoms with Crippen LogP contribution in [0.5, 0.6) is 0 Å². The van der Waals surface area contributed by atoms with E-state index in [1.54, 1.807) is 29.3 Å². The zero-order valence-corrected chi connectivity index (χ0v) is 24.5. The smallest absolute Gasteiger partial charge is 0.410 e. The number of carbonyl (C=O) groups is 2. The van der Waals surface area contributed by atoms with Gasteiger partial charge in [0.2, 0.25) is 5.89 Å². The van der Waals surface area contributed by atoms with Gasteiger partial charge in [-0.05, 0) is 50.5 Å². The number of hydrogen-bond donors (Lipinski definition) is 2. The highest BCUT2D eigenvalue weighted by molar-refractivity contribution is 5.91. The van der Waals surface area contributed by atoms with Crippen LogP contribution in [0, 0.1) is 5.82 Å². The summed E-state index contributed by atoms with van der Waals surface area (Å²) >= 11 is 0. The molecule has 0 atom stereocenters. The lowest BCUT2D eigenvalue weighted by atomic mass is 9.97. The molecule has 1 aliphatic heterocycles. The fourth-order valence-corrected chi connectivity index (χ4v) is 4.41. The van der Waals surface area contributed by atoms with Gasteiger partial charge in [0.15, 0.2) is 5.65 Å². The number of carbonyl (C=O) groups excluding carboxylic acids is 2. The van der Waals surface area contributed by atoms with Crippen LogP contribution in [0.25, 0.3) is 27.9 Å². The van der Waals surface area contributed by atoms with Gasteiger partial charge in [-0.3, -0.25) is 4.79 Å². The second-order valence-corrected chi connectivity index (χ2v) is 12.2. The number of ether oxygens (including phenoxy) is 1. The number of amides is 2. The van der Waals surface area contributed by atoms with E-state index in [1.807, 2.05) is 47.6 Å². The van der Waals surface area contributed by atoms with Crippen LogP contribution in [0.4, 0.5) is 9.18 Å². The molecule has 0 spiro atoms. The molecule has 2 N–H and O–H groups in total. The molecular formula is C30H34FN7O4. The number of rotatable bonds is 5. The molecule has 1 aliphatic rings. The highest BCUT2D eigenvalue weighted by atomic mass is 19.1. The van der Waals surface area contributed by atoms with E-state index >= 15 is 4.39 Å². The monoisotopic (exact) mass is 575 g/mol. The molecule has 0 radical (unpaired) electrons. The van der Waals surface area contributed by atoms with Gasteiger partial charge in [0, 0.05) is 42.4 Å². The number of nitrogens with one attached hydrogen (secondary N) is 2. The largest absolute Gasteiger partial charge is 0.444 e. The fourth-order valence-electron chi connectivity index (χ4n) is 4.41. The minimum absolute atomic E-state index is 0.0429. The topological polar surface area (TPSA) is 139 Å². The molecule has 0 fully saturated rings. The lowest BCUT2D eigenvalue weighted by Gasteiger charge is -2.29. The maximum absolute atomic E-state index is 15.2. The quantitative estimate of drug-likeness (QED) is 0.323. The van der Waals surface area contributed by atoms with Gasteiger partial charge in [-0.1, -0.05) is 44.1 Å². The fraction of sp³-hybridized carbons (Fsp3) is 0.400. The maximum atomic E-state index is 15.2. The van der Waals surface area contributed by atoms with Crippen LogP contribution in [0.3, 0.4) is 0 Å². The van der Waals surface area contributed by atoms with E-state index in [0.717, 1.165) is 11.1 Å². The minimum Gasteiger partial charge on any atom is -0.444 e. The lowest BCUT2D eigenvalue weighted by Crippen LogP contribution is -2.39. The number of H-pyrrole nitrogens is 1. The highest BCUT2D eigenvalue weighted by Gasteiger charge is 2.26. The molecule has 2 amide bonds. The van der Waals surface area contributed by atoms with Crippen molar-refractivity contribution < 1.29 is 23.2 Å². The normalized spacial score (nSPS) is 14.2. The van der Waals surface area contributed by atoms with Gasteiger partial charge in [-0.2, -0.15) is 4.98 Å². The zero-order chi connectivity index (χ0) is 30.2. The standard InChI is InChI=1S/C30H34FN7O4/c1-29(2,3)27-36-25(37-42-27)26(39)33-16-19-8-7-18(15-21(19)31)20-9-12-32-24-22(20)34-23(35-24)17-10-13-38(14-11-17)28(40)41-30(4,5)6/h7-10,12,15H,11,13-14,16H2,1-6H3,(H,33,39)(H,32,34,35). The van der Waals surface area contributed by atoms with Crippen molar-refractivity contribution in [2.24, 2.45) is 0 Å². The summed E-state index contributed by atoms with van der Waals surface area (Å²) in [4.78, 5) is 43.0. The molecule has 5 rings (SSSR count). The number of nitrogens with zero attached hydrogens (tertiary/aromatic N) is 5. The Balaban J connectivity index is 1.30. The molecule has 1 aromatic carbocycles. The number of halogens is 1. The van der Waals surface area contributed by atoms with Crippen LogP contribution in [-0.2, 0) is 16.7 Å². The van der Waals surface area contributed by atoms with Crippen molar-refractivity contribution in [2.45, 2.75) is 65.5 Å². The predicted molar refractivity (Wildman–Crippen MR) is 154 cm³/mol. The maximum Gasteiger partial charge on any atom is 0.410 e. The van der Waals surface area contributed by atoms with Gasteiger partial charge in [-0.15, -0.1) is 0 Å². The van der Waals surface area contributed by atoms with E-state index < -0.39 is 22.7 Å². The summed E-state index contributed by atoms with van der Waals surface area (Å²) in [7, 11) is 0. The number of fused-ring (bicyclic) bond motifs is 1.